The second kappa shape index (κ2) is 9.93. The predicted molar refractivity (Wildman–Crippen MR) is 116 cm³/mol. The van der Waals surface area contributed by atoms with E-state index in [9.17, 15) is 9.59 Å². The summed E-state index contributed by atoms with van der Waals surface area (Å²) in [5.74, 6) is 0.992. The Bertz CT molecular complexity index is 1060. The van der Waals surface area contributed by atoms with E-state index >= 15 is 0 Å². The van der Waals surface area contributed by atoms with E-state index in [2.05, 4.69) is 10.4 Å². The molecule has 7 nitrogen and oxygen atoms in total. The quantitative estimate of drug-likeness (QED) is 0.587. The summed E-state index contributed by atoms with van der Waals surface area (Å²) in [6, 6.07) is 15.5. The fourth-order valence-corrected chi connectivity index (χ4v) is 3.00. The SMILES string of the molecule is COc1cc(NC(=O)CCCn2nc(-c3ccc(Cl)cc3)ccc2=O)cc(OC)c1. The summed E-state index contributed by atoms with van der Waals surface area (Å²) in [7, 11) is 3.09. The summed E-state index contributed by atoms with van der Waals surface area (Å²) in [5.41, 5.74) is 1.89. The van der Waals surface area contributed by atoms with Gasteiger partial charge in [-0.05, 0) is 24.6 Å². The van der Waals surface area contributed by atoms with Crippen molar-refractivity contribution in [3.8, 4) is 22.8 Å². The Hall–Kier alpha value is -3.32. The van der Waals surface area contributed by atoms with Gasteiger partial charge < -0.3 is 14.8 Å². The Kier molecular flexibility index (Phi) is 7.08. The van der Waals surface area contributed by atoms with Crippen molar-refractivity contribution in [3.05, 3.63) is 70.0 Å². The summed E-state index contributed by atoms with van der Waals surface area (Å²) in [6.07, 6.45) is 0.697. The van der Waals surface area contributed by atoms with Crippen molar-refractivity contribution >= 4 is 23.2 Å². The van der Waals surface area contributed by atoms with Gasteiger partial charge in [0.05, 0.1) is 19.9 Å². The van der Waals surface area contributed by atoms with Crippen LogP contribution >= 0.6 is 11.6 Å². The molecule has 8 heteroatoms. The molecule has 1 N–H and O–H groups in total. The molecule has 0 aliphatic rings. The number of benzene rings is 2. The van der Waals surface area contributed by atoms with Crippen LogP contribution in [0.2, 0.25) is 5.02 Å². The number of carbonyl (C=O) groups is 1. The van der Waals surface area contributed by atoms with Crippen molar-refractivity contribution in [2.75, 3.05) is 19.5 Å². The molecule has 0 spiro atoms. The average molecular weight is 428 g/mol. The number of ether oxygens (including phenoxy) is 2. The maximum absolute atomic E-state index is 12.3. The van der Waals surface area contributed by atoms with Gasteiger partial charge in [-0.15, -0.1) is 0 Å². The van der Waals surface area contributed by atoms with Crippen molar-refractivity contribution < 1.29 is 14.3 Å². The third-order valence-electron chi connectivity index (χ3n) is 4.42. The number of aromatic nitrogens is 2. The standard InChI is InChI=1S/C22H22ClN3O4/c1-29-18-12-17(13-19(14-18)30-2)24-21(27)4-3-11-26-22(28)10-9-20(25-26)15-5-7-16(23)8-6-15/h5-10,12-14H,3-4,11H2,1-2H3,(H,24,27). The third-order valence-corrected chi connectivity index (χ3v) is 4.67. The first kappa shape index (κ1) is 21.4. The molecule has 0 saturated heterocycles. The second-order valence-corrected chi connectivity index (χ2v) is 6.98. The lowest BCUT2D eigenvalue weighted by atomic mass is 10.1. The summed E-state index contributed by atoms with van der Waals surface area (Å²) in [4.78, 5) is 24.4. The lowest BCUT2D eigenvalue weighted by Crippen LogP contribution is -2.23. The molecule has 2 aromatic carbocycles. The summed E-state index contributed by atoms with van der Waals surface area (Å²) >= 11 is 5.92. The van der Waals surface area contributed by atoms with Crippen LogP contribution in [0, 0.1) is 0 Å². The number of hydrogen-bond acceptors (Lipinski definition) is 5. The molecule has 1 heterocycles. The molecule has 0 aliphatic carbocycles. The van der Waals surface area contributed by atoms with Crippen LogP contribution in [0.5, 0.6) is 11.5 Å². The average Bonchev–Trinajstić information content (AvgIpc) is 2.75. The maximum atomic E-state index is 12.3. The Balaban J connectivity index is 1.61. The van der Waals surface area contributed by atoms with Gasteiger partial charge in [0.1, 0.15) is 11.5 Å². The second-order valence-electron chi connectivity index (χ2n) is 6.54. The molecule has 0 fully saturated rings. The Morgan fingerprint density at radius 1 is 1.03 bits per heavy atom. The molecular weight excluding hydrogens is 406 g/mol. The van der Waals surface area contributed by atoms with Gasteiger partial charge in [0.15, 0.2) is 0 Å². The fourth-order valence-electron chi connectivity index (χ4n) is 2.88. The lowest BCUT2D eigenvalue weighted by Gasteiger charge is -2.10. The molecule has 0 atom stereocenters. The molecule has 0 unspecified atom stereocenters. The zero-order valence-corrected chi connectivity index (χ0v) is 17.5. The van der Waals surface area contributed by atoms with E-state index in [-0.39, 0.29) is 17.9 Å². The molecule has 1 amide bonds. The van der Waals surface area contributed by atoms with Gasteiger partial charge in [-0.2, -0.15) is 5.10 Å². The Morgan fingerprint density at radius 2 is 1.70 bits per heavy atom. The molecule has 156 valence electrons. The number of rotatable bonds is 8. The molecular formula is C22H22ClN3O4. The molecule has 0 bridgehead atoms. The van der Waals surface area contributed by atoms with Gasteiger partial charge in [0.2, 0.25) is 5.91 Å². The number of methoxy groups -OCH3 is 2. The van der Waals surface area contributed by atoms with E-state index in [1.54, 1.807) is 50.6 Å². The van der Waals surface area contributed by atoms with E-state index in [1.165, 1.54) is 10.7 Å². The zero-order valence-electron chi connectivity index (χ0n) is 16.7. The summed E-state index contributed by atoms with van der Waals surface area (Å²) in [6.45, 7) is 0.328. The lowest BCUT2D eigenvalue weighted by molar-refractivity contribution is -0.116. The van der Waals surface area contributed by atoms with Gasteiger partial charge in [-0.3, -0.25) is 9.59 Å². The van der Waals surface area contributed by atoms with Gasteiger partial charge in [-0.25, -0.2) is 4.68 Å². The van der Waals surface area contributed by atoms with Crippen molar-refractivity contribution in [3.63, 3.8) is 0 Å². The van der Waals surface area contributed by atoms with Crippen LogP contribution in [-0.2, 0) is 11.3 Å². The highest BCUT2D eigenvalue weighted by Gasteiger charge is 2.08. The normalized spacial score (nSPS) is 10.5. The van der Waals surface area contributed by atoms with E-state index in [0.29, 0.717) is 40.9 Å². The van der Waals surface area contributed by atoms with Gasteiger partial charge in [0, 0.05) is 53.5 Å². The van der Waals surface area contributed by atoms with E-state index in [1.807, 2.05) is 12.1 Å². The molecule has 3 rings (SSSR count). The van der Waals surface area contributed by atoms with E-state index < -0.39 is 0 Å². The third kappa shape index (κ3) is 5.61. The van der Waals surface area contributed by atoms with Gasteiger partial charge >= 0.3 is 0 Å². The highest BCUT2D eigenvalue weighted by Crippen LogP contribution is 2.26. The molecule has 30 heavy (non-hydrogen) atoms. The molecule has 3 aromatic rings. The van der Waals surface area contributed by atoms with E-state index in [4.69, 9.17) is 21.1 Å². The molecule has 0 aliphatic heterocycles. The number of aryl methyl sites for hydroxylation is 1. The number of nitrogens with zero attached hydrogens (tertiary/aromatic N) is 2. The van der Waals surface area contributed by atoms with Crippen LogP contribution in [0.25, 0.3) is 11.3 Å². The Labute approximate surface area is 179 Å². The highest BCUT2D eigenvalue weighted by molar-refractivity contribution is 6.30. The van der Waals surface area contributed by atoms with Crippen molar-refractivity contribution in [1.29, 1.82) is 0 Å². The largest absolute Gasteiger partial charge is 0.497 e. The van der Waals surface area contributed by atoms with Crippen LogP contribution in [0.4, 0.5) is 5.69 Å². The predicted octanol–water partition coefficient (Wildman–Crippen LogP) is 4.00. The number of carbonyl (C=O) groups excluding carboxylic acids is 1. The van der Waals surface area contributed by atoms with Gasteiger partial charge in [0.25, 0.3) is 5.56 Å². The first-order valence-electron chi connectivity index (χ1n) is 9.35. The minimum atomic E-state index is -0.217. The zero-order chi connectivity index (χ0) is 21.5. The molecule has 0 saturated carbocycles. The fraction of sp³-hybridized carbons (Fsp3) is 0.227. The Morgan fingerprint density at radius 3 is 2.33 bits per heavy atom. The number of halogens is 1. The first-order valence-corrected chi connectivity index (χ1v) is 9.73. The summed E-state index contributed by atoms with van der Waals surface area (Å²) < 4.78 is 11.8. The minimum Gasteiger partial charge on any atom is -0.497 e. The van der Waals surface area contributed by atoms with Crippen LogP contribution < -0.4 is 20.3 Å². The maximum Gasteiger partial charge on any atom is 0.266 e. The van der Waals surface area contributed by atoms with Crippen molar-refractivity contribution in [2.45, 2.75) is 19.4 Å². The molecule has 1 aromatic heterocycles. The minimum absolute atomic E-state index is 0.174. The number of amides is 1. The van der Waals surface area contributed by atoms with Crippen LogP contribution in [0.1, 0.15) is 12.8 Å². The molecule has 0 radical (unpaired) electrons. The highest BCUT2D eigenvalue weighted by atomic mass is 35.5. The smallest absolute Gasteiger partial charge is 0.266 e. The van der Waals surface area contributed by atoms with Crippen LogP contribution in [0.15, 0.2) is 59.4 Å². The first-order chi connectivity index (χ1) is 14.5. The number of hydrogen-bond donors (Lipinski definition) is 1. The van der Waals surface area contributed by atoms with Crippen LogP contribution in [-0.4, -0.2) is 29.9 Å². The van der Waals surface area contributed by atoms with Crippen molar-refractivity contribution in [1.82, 2.24) is 9.78 Å². The topological polar surface area (TPSA) is 82.5 Å². The van der Waals surface area contributed by atoms with E-state index in [0.717, 1.165) is 5.56 Å². The monoisotopic (exact) mass is 427 g/mol. The van der Waals surface area contributed by atoms with Crippen LogP contribution in [0.3, 0.4) is 0 Å². The number of nitrogens with one attached hydrogen (secondary N) is 1. The summed E-state index contributed by atoms with van der Waals surface area (Å²) in [5, 5.41) is 7.84. The van der Waals surface area contributed by atoms with Crippen molar-refractivity contribution in [2.24, 2.45) is 0 Å². The van der Waals surface area contributed by atoms with Gasteiger partial charge in [-0.1, -0.05) is 23.7 Å². The number of anilines is 1.